The molecule has 1 saturated carbocycles. The zero-order valence-corrected chi connectivity index (χ0v) is 9.15. The first-order valence-corrected chi connectivity index (χ1v) is 5.55. The fraction of sp³-hybridized carbons (Fsp3) is 0.500. The Labute approximate surface area is 95.0 Å². The number of ether oxygens (including phenoxy) is 1. The monoisotopic (exact) mass is 217 g/mol. The van der Waals surface area contributed by atoms with Gasteiger partial charge in [-0.05, 0) is 37.3 Å². The third-order valence-corrected chi connectivity index (χ3v) is 2.60. The van der Waals surface area contributed by atoms with Gasteiger partial charge in [-0.3, -0.25) is 0 Å². The summed E-state index contributed by atoms with van der Waals surface area (Å²) in [7, 11) is 0. The van der Waals surface area contributed by atoms with Gasteiger partial charge < -0.3 is 10.5 Å². The SMILES string of the molecule is N#Cc1cnc(N)cc1CCCOC1CC1. The Balaban J connectivity index is 1.86. The predicted molar refractivity (Wildman–Crippen MR) is 60.7 cm³/mol. The van der Waals surface area contributed by atoms with Crippen LogP contribution < -0.4 is 5.73 Å². The van der Waals surface area contributed by atoms with Crippen molar-refractivity contribution in [1.82, 2.24) is 4.98 Å². The third kappa shape index (κ3) is 2.94. The number of rotatable bonds is 5. The minimum absolute atomic E-state index is 0.470. The maximum Gasteiger partial charge on any atom is 0.123 e. The Kier molecular flexibility index (Phi) is 3.37. The van der Waals surface area contributed by atoms with Crippen molar-refractivity contribution in [2.24, 2.45) is 0 Å². The van der Waals surface area contributed by atoms with E-state index in [9.17, 15) is 0 Å². The Morgan fingerprint density at radius 1 is 1.56 bits per heavy atom. The lowest BCUT2D eigenvalue weighted by molar-refractivity contribution is 0.117. The smallest absolute Gasteiger partial charge is 0.123 e. The lowest BCUT2D eigenvalue weighted by atomic mass is 10.1. The number of hydrogen-bond donors (Lipinski definition) is 1. The van der Waals surface area contributed by atoms with Gasteiger partial charge >= 0.3 is 0 Å². The normalized spacial score (nSPS) is 14.7. The maximum atomic E-state index is 8.90. The summed E-state index contributed by atoms with van der Waals surface area (Å²) in [5.41, 5.74) is 7.17. The molecule has 0 bridgehead atoms. The number of nitrogens with zero attached hydrogens (tertiary/aromatic N) is 2. The molecule has 0 spiro atoms. The summed E-state index contributed by atoms with van der Waals surface area (Å²) in [6.45, 7) is 0.762. The van der Waals surface area contributed by atoms with E-state index in [1.54, 1.807) is 6.07 Å². The molecule has 0 aromatic carbocycles. The van der Waals surface area contributed by atoms with Crippen molar-refractivity contribution in [2.45, 2.75) is 31.8 Å². The second-order valence-corrected chi connectivity index (χ2v) is 4.05. The minimum atomic E-state index is 0.470. The van der Waals surface area contributed by atoms with Gasteiger partial charge in [0.2, 0.25) is 0 Å². The Morgan fingerprint density at radius 3 is 3.06 bits per heavy atom. The molecule has 1 aliphatic carbocycles. The molecule has 0 aliphatic heterocycles. The van der Waals surface area contributed by atoms with Crippen LogP contribution in [0, 0.1) is 11.3 Å². The number of nitrogen functional groups attached to an aromatic ring is 1. The molecule has 16 heavy (non-hydrogen) atoms. The molecule has 0 saturated heterocycles. The Morgan fingerprint density at radius 2 is 2.38 bits per heavy atom. The first kappa shape index (κ1) is 10.9. The van der Waals surface area contributed by atoms with Crippen molar-refractivity contribution in [1.29, 1.82) is 5.26 Å². The van der Waals surface area contributed by atoms with Gasteiger partial charge in [0.1, 0.15) is 11.9 Å². The van der Waals surface area contributed by atoms with E-state index in [1.807, 2.05) is 0 Å². The predicted octanol–water partition coefficient (Wildman–Crippen LogP) is 1.65. The van der Waals surface area contributed by atoms with Crippen LogP contribution in [0.25, 0.3) is 0 Å². The largest absolute Gasteiger partial charge is 0.384 e. The summed E-state index contributed by atoms with van der Waals surface area (Å²) in [5, 5.41) is 8.90. The number of aromatic nitrogens is 1. The van der Waals surface area contributed by atoms with Crippen LogP contribution in [-0.4, -0.2) is 17.7 Å². The first-order chi connectivity index (χ1) is 7.79. The molecule has 1 fully saturated rings. The molecule has 1 aromatic heterocycles. The molecule has 4 nitrogen and oxygen atoms in total. The molecule has 4 heteroatoms. The van der Waals surface area contributed by atoms with E-state index in [4.69, 9.17) is 15.7 Å². The van der Waals surface area contributed by atoms with Crippen molar-refractivity contribution >= 4 is 5.82 Å². The molecule has 0 atom stereocenters. The van der Waals surface area contributed by atoms with E-state index < -0.39 is 0 Å². The van der Waals surface area contributed by atoms with Gasteiger partial charge in [0.25, 0.3) is 0 Å². The van der Waals surface area contributed by atoms with E-state index in [1.165, 1.54) is 19.0 Å². The van der Waals surface area contributed by atoms with Crippen LogP contribution in [0.2, 0.25) is 0 Å². The summed E-state index contributed by atoms with van der Waals surface area (Å²) in [6, 6.07) is 3.90. The number of nitriles is 1. The molecule has 2 N–H and O–H groups in total. The summed E-state index contributed by atoms with van der Waals surface area (Å²) < 4.78 is 5.55. The standard InChI is InChI=1S/C12H15N3O/c13-7-10-8-15-12(14)6-9(10)2-1-5-16-11-3-4-11/h6,8,11H,1-5H2,(H2,14,15). The third-order valence-electron chi connectivity index (χ3n) is 2.60. The molecule has 84 valence electrons. The van der Waals surface area contributed by atoms with Gasteiger partial charge in [0.05, 0.1) is 11.7 Å². The summed E-state index contributed by atoms with van der Waals surface area (Å²) >= 11 is 0. The van der Waals surface area contributed by atoms with E-state index in [-0.39, 0.29) is 0 Å². The molecule has 1 heterocycles. The fourth-order valence-corrected chi connectivity index (χ4v) is 1.57. The highest BCUT2D eigenvalue weighted by Crippen LogP contribution is 2.23. The van der Waals surface area contributed by atoms with Crippen LogP contribution in [0.5, 0.6) is 0 Å². The van der Waals surface area contributed by atoms with Crippen molar-refractivity contribution in [2.75, 3.05) is 12.3 Å². The zero-order chi connectivity index (χ0) is 11.4. The van der Waals surface area contributed by atoms with E-state index >= 15 is 0 Å². The van der Waals surface area contributed by atoms with Gasteiger partial charge in [-0.2, -0.15) is 5.26 Å². The van der Waals surface area contributed by atoms with E-state index in [0.29, 0.717) is 17.5 Å². The molecule has 1 aliphatic rings. The zero-order valence-electron chi connectivity index (χ0n) is 9.15. The van der Waals surface area contributed by atoms with Crippen molar-refractivity contribution in [3.63, 3.8) is 0 Å². The van der Waals surface area contributed by atoms with Gasteiger partial charge in [-0.1, -0.05) is 0 Å². The lowest BCUT2D eigenvalue weighted by Gasteiger charge is -2.05. The number of nitrogens with two attached hydrogens (primary N) is 1. The minimum Gasteiger partial charge on any atom is -0.384 e. The summed E-state index contributed by atoms with van der Waals surface area (Å²) in [6.07, 6.45) is 6.18. The molecule has 0 radical (unpaired) electrons. The second kappa shape index (κ2) is 4.95. The van der Waals surface area contributed by atoms with Crippen LogP contribution in [0.4, 0.5) is 5.82 Å². The second-order valence-electron chi connectivity index (χ2n) is 4.05. The fourth-order valence-electron chi connectivity index (χ4n) is 1.57. The molecule has 0 amide bonds. The van der Waals surface area contributed by atoms with Crippen LogP contribution >= 0.6 is 0 Å². The number of anilines is 1. The van der Waals surface area contributed by atoms with Crippen LogP contribution in [0.3, 0.4) is 0 Å². The van der Waals surface area contributed by atoms with E-state index in [2.05, 4.69) is 11.1 Å². The van der Waals surface area contributed by atoms with Crippen LogP contribution in [0.1, 0.15) is 30.4 Å². The van der Waals surface area contributed by atoms with Gasteiger partial charge in [0.15, 0.2) is 0 Å². The molecule has 2 rings (SSSR count). The average molecular weight is 217 g/mol. The van der Waals surface area contributed by atoms with Crippen LogP contribution in [-0.2, 0) is 11.2 Å². The maximum absolute atomic E-state index is 8.90. The molecular formula is C12H15N3O. The van der Waals surface area contributed by atoms with Gasteiger partial charge in [-0.15, -0.1) is 0 Å². The Hall–Kier alpha value is -1.60. The van der Waals surface area contributed by atoms with E-state index in [0.717, 1.165) is 25.0 Å². The summed E-state index contributed by atoms with van der Waals surface area (Å²) in [5.74, 6) is 0.470. The first-order valence-electron chi connectivity index (χ1n) is 5.55. The van der Waals surface area contributed by atoms with Crippen molar-refractivity contribution in [3.05, 3.63) is 23.4 Å². The Bertz CT molecular complexity index is 407. The number of hydrogen-bond acceptors (Lipinski definition) is 4. The number of pyridine rings is 1. The van der Waals surface area contributed by atoms with Crippen LogP contribution in [0.15, 0.2) is 12.3 Å². The van der Waals surface area contributed by atoms with Crippen molar-refractivity contribution in [3.8, 4) is 6.07 Å². The highest BCUT2D eigenvalue weighted by molar-refractivity contribution is 5.42. The molecule has 1 aromatic rings. The average Bonchev–Trinajstić information content (AvgIpc) is 3.08. The number of aryl methyl sites for hydroxylation is 1. The highest BCUT2D eigenvalue weighted by Gasteiger charge is 2.21. The lowest BCUT2D eigenvalue weighted by Crippen LogP contribution is -2.01. The van der Waals surface area contributed by atoms with Gasteiger partial charge in [-0.25, -0.2) is 4.98 Å². The summed E-state index contributed by atoms with van der Waals surface area (Å²) in [4.78, 5) is 3.90. The quantitative estimate of drug-likeness (QED) is 0.761. The highest BCUT2D eigenvalue weighted by atomic mass is 16.5. The topological polar surface area (TPSA) is 71.9 Å². The molecule has 0 unspecified atom stereocenters. The van der Waals surface area contributed by atoms with Crippen molar-refractivity contribution < 1.29 is 4.74 Å². The molecular weight excluding hydrogens is 202 g/mol. The van der Waals surface area contributed by atoms with Gasteiger partial charge in [0, 0.05) is 12.8 Å².